The maximum atomic E-state index is 12.2. The van der Waals surface area contributed by atoms with Gasteiger partial charge in [-0.25, -0.2) is 0 Å². The molecule has 31 heavy (non-hydrogen) atoms. The Bertz CT molecular complexity index is 1030. The Kier molecular flexibility index (Phi) is 8.49. The molecule has 3 aromatic rings. The first-order chi connectivity index (χ1) is 15.0. The molecular formula is C23H20Br2N2O4. The topological polar surface area (TPSA) is 76.7 Å². The van der Waals surface area contributed by atoms with E-state index in [9.17, 15) is 9.59 Å². The van der Waals surface area contributed by atoms with Gasteiger partial charge < -0.3 is 9.47 Å². The van der Waals surface area contributed by atoms with Crippen LogP contribution in [0.15, 0.2) is 81.7 Å². The van der Waals surface area contributed by atoms with Gasteiger partial charge in [-0.1, -0.05) is 46.3 Å². The first kappa shape index (κ1) is 22.8. The highest BCUT2D eigenvalue weighted by atomic mass is 79.9. The van der Waals surface area contributed by atoms with E-state index in [0.29, 0.717) is 28.1 Å². The molecule has 0 saturated carbocycles. The second-order valence-electron chi connectivity index (χ2n) is 6.47. The van der Waals surface area contributed by atoms with Gasteiger partial charge in [-0.05, 0) is 64.0 Å². The quantitative estimate of drug-likeness (QED) is 0.402. The zero-order chi connectivity index (χ0) is 22.1. The van der Waals surface area contributed by atoms with Crippen molar-refractivity contribution in [2.75, 3.05) is 13.2 Å². The Labute approximate surface area is 197 Å². The van der Waals surface area contributed by atoms with E-state index in [4.69, 9.17) is 9.47 Å². The Morgan fingerprint density at radius 1 is 0.839 bits per heavy atom. The fourth-order valence-electron chi connectivity index (χ4n) is 2.60. The van der Waals surface area contributed by atoms with Gasteiger partial charge >= 0.3 is 0 Å². The van der Waals surface area contributed by atoms with Crippen LogP contribution in [0.1, 0.15) is 15.9 Å². The summed E-state index contributed by atoms with van der Waals surface area (Å²) in [5.74, 6) is 0.274. The van der Waals surface area contributed by atoms with Gasteiger partial charge in [-0.15, -0.1) is 0 Å². The molecule has 0 fully saturated rings. The number of nitrogens with one attached hydrogen (secondary N) is 2. The van der Waals surface area contributed by atoms with Gasteiger partial charge in [0.15, 0.2) is 6.61 Å². The van der Waals surface area contributed by atoms with Crippen LogP contribution in [0.4, 0.5) is 0 Å². The molecule has 160 valence electrons. The predicted molar refractivity (Wildman–Crippen MR) is 125 cm³/mol. The summed E-state index contributed by atoms with van der Waals surface area (Å²) >= 11 is 6.70. The zero-order valence-electron chi connectivity index (χ0n) is 16.4. The third-order valence-electron chi connectivity index (χ3n) is 4.19. The average Bonchev–Trinajstić information content (AvgIpc) is 2.78. The van der Waals surface area contributed by atoms with E-state index in [1.165, 1.54) is 5.56 Å². The summed E-state index contributed by atoms with van der Waals surface area (Å²) in [6.07, 6.45) is 0.800. The molecule has 0 atom stereocenters. The van der Waals surface area contributed by atoms with E-state index in [-0.39, 0.29) is 6.61 Å². The number of halogens is 2. The van der Waals surface area contributed by atoms with Crippen molar-refractivity contribution in [2.45, 2.75) is 6.42 Å². The van der Waals surface area contributed by atoms with Crippen LogP contribution in [-0.4, -0.2) is 25.0 Å². The normalized spacial score (nSPS) is 10.3. The Morgan fingerprint density at radius 2 is 1.58 bits per heavy atom. The van der Waals surface area contributed by atoms with E-state index in [1.807, 2.05) is 36.4 Å². The lowest BCUT2D eigenvalue weighted by molar-refractivity contribution is -0.123. The van der Waals surface area contributed by atoms with Crippen LogP contribution in [0, 0.1) is 0 Å². The number of benzene rings is 3. The molecule has 0 radical (unpaired) electrons. The lowest BCUT2D eigenvalue weighted by atomic mass is 10.2. The second-order valence-corrected chi connectivity index (χ2v) is 8.24. The van der Waals surface area contributed by atoms with Crippen molar-refractivity contribution in [3.63, 3.8) is 0 Å². The third-order valence-corrected chi connectivity index (χ3v) is 5.30. The van der Waals surface area contributed by atoms with Crippen LogP contribution in [0.3, 0.4) is 0 Å². The van der Waals surface area contributed by atoms with Crippen LogP contribution < -0.4 is 20.3 Å². The highest BCUT2D eigenvalue weighted by molar-refractivity contribution is 9.11. The van der Waals surface area contributed by atoms with Crippen molar-refractivity contribution < 1.29 is 19.1 Å². The van der Waals surface area contributed by atoms with Crippen molar-refractivity contribution in [1.82, 2.24) is 10.9 Å². The number of hydrogen-bond acceptors (Lipinski definition) is 4. The number of amides is 2. The first-order valence-corrected chi connectivity index (χ1v) is 11.0. The van der Waals surface area contributed by atoms with Crippen LogP contribution in [0.2, 0.25) is 0 Å². The fourth-order valence-corrected chi connectivity index (χ4v) is 3.77. The molecular weight excluding hydrogens is 528 g/mol. The van der Waals surface area contributed by atoms with E-state index in [0.717, 1.165) is 10.9 Å². The highest BCUT2D eigenvalue weighted by Crippen LogP contribution is 2.28. The van der Waals surface area contributed by atoms with E-state index in [2.05, 4.69) is 42.7 Å². The SMILES string of the molecule is O=C(COc1ccc(Br)cc1Br)NNC(=O)c1ccc(OCCc2ccccc2)cc1. The molecule has 0 heterocycles. The van der Waals surface area contributed by atoms with Crippen molar-refractivity contribution in [3.8, 4) is 11.5 Å². The van der Waals surface area contributed by atoms with Gasteiger partial charge in [-0.2, -0.15) is 0 Å². The van der Waals surface area contributed by atoms with Crippen molar-refractivity contribution in [3.05, 3.63) is 92.9 Å². The van der Waals surface area contributed by atoms with Gasteiger partial charge in [0.1, 0.15) is 11.5 Å². The number of carbonyl (C=O) groups excluding carboxylic acids is 2. The number of hydrazine groups is 1. The molecule has 0 aliphatic carbocycles. The smallest absolute Gasteiger partial charge is 0.276 e. The average molecular weight is 548 g/mol. The summed E-state index contributed by atoms with van der Waals surface area (Å²) < 4.78 is 12.7. The first-order valence-electron chi connectivity index (χ1n) is 9.45. The van der Waals surface area contributed by atoms with E-state index >= 15 is 0 Å². The lowest BCUT2D eigenvalue weighted by Gasteiger charge is -2.10. The summed E-state index contributed by atoms with van der Waals surface area (Å²) in [6.45, 7) is 0.300. The summed E-state index contributed by atoms with van der Waals surface area (Å²) in [5.41, 5.74) is 6.29. The monoisotopic (exact) mass is 546 g/mol. The van der Waals surface area contributed by atoms with Crippen molar-refractivity contribution in [2.24, 2.45) is 0 Å². The largest absolute Gasteiger partial charge is 0.493 e. The van der Waals surface area contributed by atoms with Crippen LogP contribution in [0.25, 0.3) is 0 Å². The van der Waals surface area contributed by atoms with Crippen LogP contribution in [-0.2, 0) is 11.2 Å². The minimum atomic E-state index is -0.482. The second kappa shape index (κ2) is 11.5. The van der Waals surface area contributed by atoms with Gasteiger partial charge in [0, 0.05) is 16.5 Å². The van der Waals surface area contributed by atoms with Crippen molar-refractivity contribution >= 4 is 43.7 Å². The maximum absolute atomic E-state index is 12.2. The lowest BCUT2D eigenvalue weighted by Crippen LogP contribution is -2.43. The van der Waals surface area contributed by atoms with Crippen molar-refractivity contribution in [1.29, 1.82) is 0 Å². The summed E-state index contributed by atoms with van der Waals surface area (Å²) in [5, 5.41) is 0. The summed E-state index contributed by atoms with van der Waals surface area (Å²) in [6, 6.07) is 22.1. The summed E-state index contributed by atoms with van der Waals surface area (Å²) in [4.78, 5) is 24.1. The molecule has 8 heteroatoms. The molecule has 2 N–H and O–H groups in total. The Balaban J connectivity index is 1.40. The molecule has 0 saturated heterocycles. The van der Waals surface area contributed by atoms with Gasteiger partial charge in [0.05, 0.1) is 11.1 Å². The molecule has 0 spiro atoms. The standard InChI is InChI=1S/C23H20Br2N2O4/c24-18-8-11-21(20(25)14-18)31-15-22(28)26-27-23(29)17-6-9-19(10-7-17)30-13-12-16-4-2-1-3-5-16/h1-11,14H,12-13,15H2,(H,26,28)(H,27,29). The number of carbonyl (C=O) groups is 2. The molecule has 2 amide bonds. The van der Waals surface area contributed by atoms with Gasteiger partial charge in [0.25, 0.3) is 11.8 Å². The van der Waals surface area contributed by atoms with Crippen LogP contribution in [0.5, 0.6) is 11.5 Å². The fraction of sp³-hybridized carbons (Fsp3) is 0.130. The van der Waals surface area contributed by atoms with Gasteiger partial charge in [0.2, 0.25) is 0 Å². The Morgan fingerprint density at radius 3 is 2.29 bits per heavy atom. The van der Waals surface area contributed by atoms with E-state index < -0.39 is 11.8 Å². The third kappa shape index (κ3) is 7.41. The molecule has 3 aromatic carbocycles. The number of rotatable bonds is 8. The van der Waals surface area contributed by atoms with Gasteiger partial charge in [-0.3, -0.25) is 20.4 Å². The minimum Gasteiger partial charge on any atom is -0.493 e. The number of ether oxygens (including phenoxy) is 2. The molecule has 0 aliphatic heterocycles. The van der Waals surface area contributed by atoms with E-state index in [1.54, 1.807) is 36.4 Å². The highest BCUT2D eigenvalue weighted by Gasteiger charge is 2.09. The number of hydrogen-bond donors (Lipinski definition) is 2. The Hall–Kier alpha value is -2.84. The zero-order valence-corrected chi connectivity index (χ0v) is 19.6. The summed E-state index contributed by atoms with van der Waals surface area (Å²) in [7, 11) is 0. The molecule has 0 aliphatic rings. The maximum Gasteiger partial charge on any atom is 0.276 e. The molecule has 0 unspecified atom stereocenters. The molecule has 6 nitrogen and oxygen atoms in total. The molecule has 3 rings (SSSR count). The van der Waals surface area contributed by atoms with Crippen LogP contribution >= 0.6 is 31.9 Å². The molecule has 0 aromatic heterocycles. The minimum absolute atomic E-state index is 0.241. The molecule has 0 bridgehead atoms. The predicted octanol–water partition coefficient (Wildman–Crippen LogP) is 4.67.